The Morgan fingerprint density at radius 1 is 1.25 bits per heavy atom. The van der Waals surface area contributed by atoms with Crippen molar-refractivity contribution in [3.8, 4) is 0 Å². The topological polar surface area (TPSA) is 45.1 Å². The van der Waals surface area contributed by atoms with E-state index in [1.807, 2.05) is 6.07 Å². The standard InChI is InChI=1S/C16H20N2O2/c19-16(6-9-20-10-7-16)13-5-8-18-11-12-3-1-2-4-14(12)17-15(13)18/h1-4,13,19H,5-11H2. The van der Waals surface area contributed by atoms with Gasteiger partial charge < -0.3 is 14.7 Å². The average Bonchev–Trinajstić information content (AvgIpc) is 2.89. The fourth-order valence-electron chi connectivity index (χ4n) is 3.72. The number of aliphatic imine (C=N–C) groups is 1. The fraction of sp³-hybridized carbons (Fsp3) is 0.562. The summed E-state index contributed by atoms with van der Waals surface area (Å²) in [4.78, 5) is 7.18. The molecule has 0 aliphatic carbocycles. The van der Waals surface area contributed by atoms with E-state index < -0.39 is 5.60 Å². The highest BCUT2D eigenvalue weighted by atomic mass is 16.5. The van der Waals surface area contributed by atoms with Gasteiger partial charge in [0, 0.05) is 45.1 Å². The number of benzene rings is 1. The molecule has 2 saturated heterocycles. The molecule has 0 aromatic heterocycles. The van der Waals surface area contributed by atoms with Crippen molar-refractivity contribution in [1.29, 1.82) is 0 Å². The Kier molecular flexibility index (Phi) is 2.82. The lowest BCUT2D eigenvalue weighted by molar-refractivity contribution is -0.0828. The largest absolute Gasteiger partial charge is 0.389 e. The van der Waals surface area contributed by atoms with Crippen LogP contribution in [0.15, 0.2) is 29.3 Å². The van der Waals surface area contributed by atoms with Crippen molar-refractivity contribution >= 4 is 11.5 Å². The van der Waals surface area contributed by atoms with Crippen molar-refractivity contribution in [2.75, 3.05) is 19.8 Å². The van der Waals surface area contributed by atoms with Crippen LogP contribution >= 0.6 is 0 Å². The predicted molar refractivity (Wildman–Crippen MR) is 77.1 cm³/mol. The maximum absolute atomic E-state index is 11.0. The summed E-state index contributed by atoms with van der Waals surface area (Å²) in [6, 6.07) is 8.32. The molecule has 0 bridgehead atoms. The first kappa shape index (κ1) is 12.4. The van der Waals surface area contributed by atoms with Crippen LogP contribution in [0.2, 0.25) is 0 Å². The molecule has 0 spiro atoms. The van der Waals surface area contributed by atoms with Gasteiger partial charge in [-0.2, -0.15) is 0 Å². The SMILES string of the molecule is OC1(C2CCN3Cc4ccccc4N=C23)CCOCC1. The summed E-state index contributed by atoms with van der Waals surface area (Å²) in [5.74, 6) is 1.26. The summed E-state index contributed by atoms with van der Waals surface area (Å²) >= 11 is 0. The van der Waals surface area contributed by atoms with Crippen LogP contribution < -0.4 is 0 Å². The lowest BCUT2D eigenvalue weighted by Crippen LogP contribution is -2.47. The molecule has 1 aromatic carbocycles. The predicted octanol–water partition coefficient (Wildman–Crippen LogP) is 2.09. The molecule has 20 heavy (non-hydrogen) atoms. The molecule has 1 aromatic rings. The number of para-hydroxylation sites is 1. The van der Waals surface area contributed by atoms with Crippen LogP contribution in [0.1, 0.15) is 24.8 Å². The number of aliphatic hydroxyl groups is 1. The molecular weight excluding hydrogens is 252 g/mol. The maximum atomic E-state index is 11.0. The summed E-state index contributed by atoms with van der Waals surface area (Å²) in [5.41, 5.74) is 1.73. The Morgan fingerprint density at radius 3 is 2.90 bits per heavy atom. The van der Waals surface area contributed by atoms with Crippen molar-refractivity contribution in [2.24, 2.45) is 10.9 Å². The quantitative estimate of drug-likeness (QED) is 0.851. The molecule has 1 N–H and O–H groups in total. The number of amidine groups is 1. The molecule has 106 valence electrons. The van der Waals surface area contributed by atoms with Gasteiger partial charge in [0.15, 0.2) is 0 Å². The Balaban J connectivity index is 1.69. The minimum absolute atomic E-state index is 0.166. The molecule has 0 saturated carbocycles. The summed E-state index contributed by atoms with van der Waals surface area (Å²) in [7, 11) is 0. The van der Waals surface area contributed by atoms with Crippen molar-refractivity contribution < 1.29 is 9.84 Å². The van der Waals surface area contributed by atoms with Gasteiger partial charge in [-0.05, 0) is 18.1 Å². The molecule has 2 fully saturated rings. The molecule has 0 radical (unpaired) electrons. The third-order valence-corrected chi connectivity index (χ3v) is 4.92. The van der Waals surface area contributed by atoms with Gasteiger partial charge in [0.1, 0.15) is 5.84 Å². The molecule has 3 aliphatic heterocycles. The fourth-order valence-corrected chi connectivity index (χ4v) is 3.72. The first-order valence-electron chi connectivity index (χ1n) is 7.48. The van der Waals surface area contributed by atoms with E-state index in [1.54, 1.807) is 0 Å². The highest BCUT2D eigenvalue weighted by molar-refractivity contribution is 5.91. The molecule has 0 amide bonds. The van der Waals surface area contributed by atoms with Crippen LogP contribution in [0, 0.1) is 5.92 Å². The summed E-state index contributed by atoms with van der Waals surface area (Å²) in [6.07, 6.45) is 2.46. The molecule has 4 nitrogen and oxygen atoms in total. The third-order valence-electron chi connectivity index (χ3n) is 4.92. The zero-order valence-electron chi connectivity index (χ0n) is 11.6. The Morgan fingerprint density at radius 2 is 2.05 bits per heavy atom. The van der Waals surface area contributed by atoms with E-state index in [2.05, 4.69) is 23.1 Å². The number of hydrogen-bond acceptors (Lipinski definition) is 4. The van der Waals surface area contributed by atoms with Crippen molar-refractivity contribution in [3.05, 3.63) is 29.8 Å². The number of nitrogens with zero attached hydrogens (tertiary/aromatic N) is 2. The van der Waals surface area contributed by atoms with Gasteiger partial charge >= 0.3 is 0 Å². The number of fused-ring (bicyclic) bond motifs is 2. The van der Waals surface area contributed by atoms with Crippen LogP contribution in [0.25, 0.3) is 0 Å². The lowest BCUT2D eigenvalue weighted by atomic mass is 9.79. The first-order chi connectivity index (χ1) is 9.76. The maximum Gasteiger partial charge on any atom is 0.111 e. The van der Waals surface area contributed by atoms with E-state index in [1.165, 1.54) is 5.56 Å². The third kappa shape index (κ3) is 1.86. The Hall–Kier alpha value is -1.39. The second kappa shape index (κ2) is 4.57. The van der Waals surface area contributed by atoms with Gasteiger partial charge in [-0.15, -0.1) is 0 Å². The molecule has 1 atom stereocenters. The van der Waals surface area contributed by atoms with E-state index in [-0.39, 0.29) is 5.92 Å². The highest BCUT2D eigenvalue weighted by Gasteiger charge is 2.46. The molecule has 3 aliphatic rings. The average molecular weight is 272 g/mol. The second-order valence-corrected chi connectivity index (χ2v) is 6.08. The van der Waals surface area contributed by atoms with Crippen LogP contribution in [0.4, 0.5) is 5.69 Å². The summed E-state index contributed by atoms with van der Waals surface area (Å²) in [6.45, 7) is 3.26. The Bertz CT molecular complexity index is 549. The highest BCUT2D eigenvalue weighted by Crippen LogP contribution is 2.40. The van der Waals surface area contributed by atoms with E-state index in [4.69, 9.17) is 9.73 Å². The van der Waals surface area contributed by atoms with E-state index in [0.717, 1.165) is 43.9 Å². The van der Waals surface area contributed by atoms with Gasteiger partial charge in [-0.1, -0.05) is 18.2 Å². The zero-order valence-corrected chi connectivity index (χ0v) is 11.6. The molecular formula is C16H20N2O2. The second-order valence-electron chi connectivity index (χ2n) is 6.08. The van der Waals surface area contributed by atoms with Crippen LogP contribution in [-0.4, -0.2) is 41.2 Å². The van der Waals surface area contributed by atoms with Gasteiger partial charge in [0.2, 0.25) is 0 Å². The van der Waals surface area contributed by atoms with Gasteiger partial charge in [-0.25, -0.2) is 4.99 Å². The van der Waals surface area contributed by atoms with Gasteiger partial charge in [0.25, 0.3) is 0 Å². The molecule has 4 rings (SSSR count). The normalized spacial score (nSPS) is 27.8. The van der Waals surface area contributed by atoms with Crippen molar-refractivity contribution in [1.82, 2.24) is 4.90 Å². The van der Waals surface area contributed by atoms with Gasteiger partial charge in [0.05, 0.1) is 11.3 Å². The first-order valence-corrected chi connectivity index (χ1v) is 7.48. The monoisotopic (exact) mass is 272 g/mol. The molecule has 4 heteroatoms. The van der Waals surface area contributed by atoms with Crippen molar-refractivity contribution in [2.45, 2.75) is 31.4 Å². The summed E-state index contributed by atoms with van der Waals surface area (Å²) in [5, 5.41) is 11.0. The van der Waals surface area contributed by atoms with E-state index >= 15 is 0 Å². The minimum Gasteiger partial charge on any atom is -0.389 e. The lowest BCUT2D eigenvalue weighted by Gasteiger charge is -2.38. The van der Waals surface area contributed by atoms with E-state index in [9.17, 15) is 5.11 Å². The van der Waals surface area contributed by atoms with E-state index in [0.29, 0.717) is 13.2 Å². The number of ether oxygens (including phenoxy) is 1. The van der Waals surface area contributed by atoms with Crippen molar-refractivity contribution in [3.63, 3.8) is 0 Å². The smallest absolute Gasteiger partial charge is 0.111 e. The Labute approximate surface area is 119 Å². The van der Waals surface area contributed by atoms with Gasteiger partial charge in [-0.3, -0.25) is 0 Å². The van der Waals surface area contributed by atoms with Crippen LogP contribution in [0.3, 0.4) is 0 Å². The zero-order chi connectivity index (χ0) is 13.6. The molecule has 1 unspecified atom stereocenters. The number of hydrogen-bond donors (Lipinski definition) is 1. The molecule has 3 heterocycles. The number of rotatable bonds is 1. The van der Waals surface area contributed by atoms with Crippen LogP contribution in [-0.2, 0) is 11.3 Å². The minimum atomic E-state index is -0.627. The van der Waals surface area contributed by atoms with Crippen LogP contribution in [0.5, 0.6) is 0 Å². The summed E-state index contributed by atoms with van der Waals surface area (Å²) < 4.78 is 5.40.